The van der Waals surface area contributed by atoms with Gasteiger partial charge in [-0.25, -0.2) is 0 Å². The number of esters is 2. The van der Waals surface area contributed by atoms with E-state index in [9.17, 15) is 9.59 Å². The molecule has 18 heavy (non-hydrogen) atoms. The molecule has 1 N–H and O–H groups in total. The van der Waals surface area contributed by atoms with Crippen LogP contribution in [-0.4, -0.2) is 37.9 Å². The molecule has 0 unspecified atom stereocenters. The molecule has 0 saturated carbocycles. The molecule has 100 valence electrons. The zero-order valence-electron chi connectivity index (χ0n) is 10.2. The van der Waals surface area contributed by atoms with Crippen LogP contribution in [0, 0.1) is 17.8 Å². The van der Waals surface area contributed by atoms with Crippen molar-refractivity contribution in [1.29, 1.82) is 0 Å². The molecule has 0 atom stereocenters. The molecule has 0 aromatic heterocycles. The normalized spacial score (nSPS) is 11.6. The lowest BCUT2D eigenvalue weighted by atomic mass is 9.81. The molecule has 0 heterocycles. The summed E-state index contributed by atoms with van der Waals surface area (Å²) in [6.45, 7) is -0.172. The van der Waals surface area contributed by atoms with Gasteiger partial charge < -0.3 is 14.6 Å². The minimum Gasteiger partial charge on any atom is -0.468 e. The first-order valence-electron chi connectivity index (χ1n) is 5.04. The summed E-state index contributed by atoms with van der Waals surface area (Å²) in [7, 11) is 2.36. The summed E-state index contributed by atoms with van der Waals surface area (Å²) in [5.74, 6) is 0.795. The van der Waals surface area contributed by atoms with Crippen LogP contribution in [0.4, 0.5) is 0 Å². The van der Waals surface area contributed by atoms with E-state index in [4.69, 9.17) is 11.5 Å². The van der Waals surface area contributed by atoms with Crippen molar-refractivity contribution < 1.29 is 24.2 Å². The molecule has 0 aromatic carbocycles. The van der Waals surface area contributed by atoms with Crippen LogP contribution < -0.4 is 0 Å². The first-order chi connectivity index (χ1) is 8.48. The molecule has 0 fully saturated rings. The molecule has 0 spiro atoms. The fraction of sp³-hybridized carbons (Fsp3) is 0.500. The average molecular weight is 366 g/mol. The Morgan fingerprint density at radius 2 is 1.89 bits per heavy atom. The molecule has 0 radical (unpaired) electrons. The number of allylic oxidation sites excluding steroid dienone is 1. The Labute approximate surface area is 120 Å². The summed E-state index contributed by atoms with van der Waals surface area (Å²) in [6.07, 6.45) is 6.66. The average Bonchev–Trinajstić information content (AvgIpc) is 2.41. The van der Waals surface area contributed by atoms with E-state index in [-0.39, 0.29) is 19.4 Å². The molecular formula is C12H15IO5. The standard InChI is InChI=1S/C12H15IO5/c1-4-6-12(10(15)17-2,11(16)18-3)7-5-9(13)8-14/h1,5,14H,6-8H2,2-3H3/b9-5-. The van der Waals surface area contributed by atoms with Gasteiger partial charge in [0.2, 0.25) is 0 Å². The summed E-state index contributed by atoms with van der Waals surface area (Å²) < 4.78 is 9.85. The molecule has 6 heteroatoms. The molecular weight excluding hydrogens is 351 g/mol. The molecule has 0 aromatic rings. The van der Waals surface area contributed by atoms with E-state index in [0.29, 0.717) is 3.58 Å². The largest absolute Gasteiger partial charge is 0.468 e. The maximum atomic E-state index is 11.8. The fourth-order valence-corrected chi connectivity index (χ4v) is 1.60. The summed E-state index contributed by atoms with van der Waals surface area (Å²) >= 11 is 1.90. The highest BCUT2D eigenvalue weighted by molar-refractivity contribution is 14.1. The summed E-state index contributed by atoms with van der Waals surface area (Å²) in [5.41, 5.74) is -1.55. The van der Waals surface area contributed by atoms with Gasteiger partial charge in [0.1, 0.15) is 0 Å². The third kappa shape index (κ3) is 3.99. The number of aliphatic hydroxyl groups is 1. The SMILES string of the molecule is C#CCC(C/C=C(\I)CO)(C(=O)OC)C(=O)OC. The van der Waals surface area contributed by atoms with E-state index in [1.807, 2.05) is 22.6 Å². The number of hydrogen-bond acceptors (Lipinski definition) is 5. The molecule has 0 aliphatic carbocycles. The first kappa shape index (κ1) is 16.9. The first-order valence-corrected chi connectivity index (χ1v) is 6.12. The number of halogens is 1. The number of hydrogen-bond donors (Lipinski definition) is 1. The summed E-state index contributed by atoms with van der Waals surface area (Å²) in [5, 5.41) is 8.90. The molecule has 5 nitrogen and oxygen atoms in total. The summed E-state index contributed by atoms with van der Waals surface area (Å²) in [6, 6.07) is 0. The number of rotatable bonds is 6. The highest BCUT2D eigenvalue weighted by Crippen LogP contribution is 2.31. The van der Waals surface area contributed by atoms with E-state index in [0.717, 1.165) is 0 Å². The van der Waals surface area contributed by atoms with Crippen LogP contribution in [0.25, 0.3) is 0 Å². The highest BCUT2D eigenvalue weighted by atomic mass is 127. The molecule has 0 aliphatic heterocycles. The topological polar surface area (TPSA) is 72.8 Å². The Morgan fingerprint density at radius 3 is 2.22 bits per heavy atom. The van der Waals surface area contributed by atoms with E-state index in [1.54, 1.807) is 6.08 Å². The number of carbonyl (C=O) groups excluding carboxylic acids is 2. The highest BCUT2D eigenvalue weighted by Gasteiger charge is 2.47. The van der Waals surface area contributed by atoms with Crippen LogP contribution in [-0.2, 0) is 19.1 Å². The van der Waals surface area contributed by atoms with Gasteiger partial charge in [0.15, 0.2) is 5.41 Å². The van der Waals surface area contributed by atoms with Crippen molar-refractivity contribution in [2.45, 2.75) is 12.8 Å². The van der Waals surface area contributed by atoms with Crippen LogP contribution in [0.5, 0.6) is 0 Å². The second-order valence-electron chi connectivity index (χ2n) is 3.46. The van der Waals surface area contributed by atoms with E-state index in [2.05, 4.69) is 15.4 Å². The lowest BCUT2D eigenvalue weighted by Gasteiger charge is -2.25. The van der Waals surface area contributed by atoms with Crippen molar-refractivity contribution >= 4 is 34.5 Å². The smallest absolute Gasteiger partial charge is 0.324 e. The van der Waals surface area contributed by atoms with Crippen LogP contribution in [0.1, 0.15) is 12.8 Å². The second-order valence-corrected chi connectivity index (χ2v) is 4.85. The number of methoxy groups -OCH3 is 2. The predicted molar refractivity (Wildman–Crippen MR) is 73.7 cm³/mol. The van der Waals surface area contributed by atoms with Crippen LogP contribution >= 0.6 is 22.6 Å². The zero-order valence-corrected chi connectivity index (χ0v) is 12.4. The minimum atomic E-state index is -1.55. The quantitative estimate of drug-likeness (QED) is 0.329. The zero-order chi connectivity index (χ0) is 14.2. The number of aliphatic hydroxyl groups excluding tert-OH is 1. The van der Waals surface area contributed by atoms with Gasteiger partial charge in [-0.15, -0.1) is 12.3 Å². The summed E-state index contributed by atoms with van der Waals surface area (Å²) in [4.78, 5) is 23.6. The van der Waals surface area contributed by atoms with E-state index >= 15 is 0 Å². The minimum absolute atomic E-state index is 0.0232. The van der Waals surface area contributed by atoms with Crippen LogP contribution in [0.15, 0.2) is 9.66 Å². The van der Waals surface area contributed by atoms with Gasteiger partial charge in [-0.1, -0.05) is 6.08 Å². The fourth-order valence-electron chi connectivity index (χ4n) is 1.38. The number of terminal acetylenes is 1. The number of carbonyl (C=O) groups is 2. The maximum absolute atomic E-state index is 11.8. The molecule has 0 aliphatic rings. The molecule has 0 rings (SSSR count). The van der Waals surface area contributed by atoms with Gasteiger partial charge in [-0.05, 0) is 29.0 Å². The Kier molecular flexibility index (Phi) is 7.62. The van der Waals surface area contributed by atoms with Gasteiger partial charge >= 0.3 is 11.9 Å². The van der Waals surface area contributed by atoms with Gasteiger partial charge in [0.25, 0.3) is 0 Å². The third-order valence-corrected chi connectivity index (χ3v) is 3.16. The van der Waals surface area contributed by atoms with E-state index in [1.165, 1.54) is 14.2 Å². The molecule has 0 bridgehead atoms. The Morgan fingerprint density at radius 1 is 1.39 bits per heavy atom. The monoisotopic (exact) mass is 366 g/mol. The van der Waals surface area contributed by atoms with E-state index < -0.39 is 17.4 Å². The molecule has 0 amide bonds. The van der Waals surface area contributed by atoms with Crippen molar-refractivity contribution in [2.75, 3.05) is 20.8 Å². The maximum Gasteiger partial charge on any atom is 0.324 e. The van der Waals surface area contributed by atoms with Crippen molar-refractivity contribution in [2.24, 2.45) is 5.41 Å². The Bertz CT molecular complexity index is 364. The van der Waals surface area contributed by atoms with Gasteiger partial charge in [-0.2, -0.15) is 0 Å². The van der Waals surface area contributed by atoms with Crippen molar-refractivity contribution in [3.8, 4) is 12.3 Å². The number of ether oxygens (including phenoxy) is 2. The second kappa shape index (κ2) is 8.11. The van der Waals surface area contributed by atoms with Crippen molar-refractivity contribution in [1.82, 2.24) is 0 Å². The Balaban J connectivity index is 5.41. The van der Waals surface area contributed by atoms with Gasteiger partial charge in [-0.3, -0.25) is 9.59 Å². The lowest BCUT2D eigenvalue weighted by Crippen LogP contribution is -2.40. The van der Waals surface area contributed by atoms with Crippen molar-refractivity contribution in [3.63, 3.8) is 0 Å². The van der Waals surface area contributed by atoms with Crippen molar-refractivity contribution in [3.05, 3.63) is 9.66 Å². The van der Waals surface area contributed by atoms with Crippen LogP contribution in [0.3, 0.4) is 0 Å². The van der Waals surface area contributed by atoms with Crippen LogP contribution in [0.2, 0.25) is 0 Å². The Hall–Kier alpha value is -1.07. The lowest BCUT2D eigenvalue weighted by molar-refractivity contribution is -0.168. The molecule has 0 saturated heterocycles. The third-order valence-electron chi connectivity index (χ3n) is 2.38. The van der Waals surface area contributed by atoms with Gasteiger partial charge in [0.05, 0.1) is 20.8 Å². The predicted octanol–water partition coefficient (Wildman–Crippen LogP) is 1.04. The van der Waals surface area contributed by atoms with Gasteiger partial charge in [0, 0.05) is 10.0 Å².